The molecule has 0 spiro atoms. The topological polar surface area (TPSA) is 40.6 Å². The molecule has 1 amide bonds. The molecule has 0 bridgehead atoms. The predicted molar refractivity (Wildman–Crippen MR) is 157 cm³/mol. The maximum atomic E-state index is 13.8. The second-order valence-corrected chi connectivity index (χ2v) is 23.8. The molecule has 2 aromatic carbocycles. The van der Waals surface area contributed by atoms with Crippen molar-refractivity contribution < 1.29 is 9.59 Å². The molecule has 0 saturated carbocycles. The molecular weight excluding hydrogens is 551 g/mol. The van der Waals surface area contributed by atoms with Crippen LogP contribution in [0.3, 0.4) is 0 Å². The number of Topliss-reactive ketones (excluding diaryl/α,β-unsaturated/α-hetero) is 1. The Hall–Kier alpha value is -2.08. The van der Waals surface area contributed by atoms with Gasteiger partial charge in [-0.25, -0.2) is 0 Å². The standard InChI is InChI=1S/C19H17N2O2.3C4H9.Sn/c1-13(22)21-17-7-5-4-6-16(17)19(23)18(21)12-14-8-10-15(11-9-14)20(2)3;3*1-3-4-2;/h5-12H,1-3H3;3*1,3-4H2,2H3;/b18-12-;;;;. The van der Waals surface area contributed by atoms with E-state index in [4.69, 9.17) is 0 Å². The number of ketones is 1. The molecule has 0 radical (unpaired) electrons. The van der Waals surface area contributed by atoms with Crippen LogP contribution < -0.4 is 13.4 Å². The quantitative estimate of drug-likeness (QED) is 0.190. The third-order valence-corrected chi connectivity index (χ3v) is 23.2. The molecule has 4 nitrogen and oxygen atoms in total. The predicted octanol–water partition coefficient (Wildman–Crippen LogP) is 7.40. The van der Waals surface area contributed by atoms with Gasteiger partial charge >= 0.3 is 223 Å². The Labute approximate surface area is 222 Å². The summed E-state index contributed by atoms with van der Waals surface area (Å²) in [4.78, 5) is 30.2. The van der Waals surface area contributed by atoms with Crippen molar-refractivity contribution in [3.63, 3.8) is 0 Å². The molecule has 1 heterocycles. The molecule has 0 fully saturated rings. The number of rotatable bonds is 12. The van der Waals surface area contributed by atoms with Crippen LogP contribution in [-0.2, 0) is 4.79 Å². The van der Waals surface area contributed by atoms with E-state index in [1.165, 1.54) is 55.4 Å². The van der Waals surface area contributed by atoms with Crippen LogP contribution in [0.1, 0.15) is 82.1 Å². The fourth-order valence-corrected chi connectivity index (χ4v) is 21.4. The minimum atomic E-state index is -2.69. The number of anilines is 2. The molecule has 194 valence electrons. The second kappa shape index (κ2) is 12.9. The van der Waals surface area contributed by atoms with Crippen molar-refractivity contribution in [2.75, 3.05) is 23.9 Å². The van der Waals surface area contributed by atoms with Crippen molar-refractivity contribution in [1.82, 2.24) is 0 Å². The number of carbonyl (C=O) groups excluding carboxylic acids is 2. The number of hydrogen-bond acceptors (Lipinski definition) is 3. The van der Waals surface area contributed by atoms with Crippen LogP contribution in [0, 0.1) is 0 Å². The van der Waals surface area contributed by atoms with Crippen molar-refractivity contribution in [1.29, 1.82) is 0 Å². The summed E-state index contributed by atoms with van der Waals surface area (Å²) >= 11 is -2.69. The summed E-state index contributed by atoms with van der Waals surface area (Å²) in [6.07, 6.45) is 9.37. The van der Waals surface area contributed by atoms with Crippen LogP contribution in [-0.4, -0.2) is 44.2 Å². The summed E-state index contributed by atoms with van der Waals surface area (Å²) in [6, 6.07) is 14.6. The zero-order chi connectivity index (χ0) is 26.3. The van der Waals surface area contributed by atoms with Gasteiger partial charge < -0.3 is 0 Å². The molecule has 36 heavy (non-hydrogen) atoms. The van der Waals surface area contributed by atoms with E-state index in [2.05, 4.69) is 39.0 Å². The number of allylic oxidation sites excluding steroid dienone is 1. The van der Waals surface area contributed by atoms with Crippen molar-refractivity contribution in [2.45, 2.75) is 79.5 Å². The Bertz CT molecular complexity index is 1070. The van der Waals surface area contributed by atoms with Gasteiger partial charge in [-0.3, -0.25) is 0 Å². The number of hydrogen-bond donors (Lipinski definition) is 0. The number of amides is 1. The average Bonchev–Trinajstić information content (AvgIpc) is 3.15. The first-order valence-corrected chi connectivity index (χ1v) is 21.2. The normalized spacial score (nSPS) is 14.4. The molecule has 0 atom stereocenters. The van der Waals surface area contributed by atoms with Gasteiger partial charge in [-0.15, -0.1) is 0 Å². The van der Waals surface area contributed by atoms with E-state index in [1.54, 1.807) is 11.8 Å². The zero-order valence-electron chi connectivity index (χ0n) is 23.2. The molecule has 5 heteroatoms. The van der Waals surface area contributed by atoms with Gasteiger partial charge in [-0.05, 0) is 0 Å². The molecule has 2 aromatic rings. The van der Waals surface area contributed by atoms with Crippen molar-refractivity contribution in [2.24, 2.45) is 0 Å². The number of nitrogens with zero attached hydrogens (tertiary/aromatic N) is 2. The number of carbonyl (C=O) groups is 2. The molecular formula is C31H44N2O2Sn. The summed E-state index contributed by atoms with van der Waals surface area (Å²) in [5.41, 5.74) is 3.94. The number of benzene rings is 2. The van der Waals surface area contributed by atoms with E-state index in [9.17, 15) is 9.59 Å². The average molecular weight is 595 g/mol. The van der Waals surface area contributed by atoms with Gasteiger partial charge in [0, 0.05) is 0 Å². The minimum absolute atomic E-state index is 0.0274. The van der Waals surface area contributed by atoms with Gasteiger partial charge in [0.1, 0.15) is 0 Å². The van der Waals surface area contributed by atoms with Gasteiger partial charge in [-0.1, -0.05) is 0 Å². The summed E-state index contributed by atoms with van der Waals surface area (Å²) in [6.45, 7) is 8.41. The molecule has 0 N–H and O–H groups in total. The Kier molecular flexibility index (Phi) is 10.2. The van der Waals surface area contributed by atoms with Gasteiger partial charge in [0.05, 0.1) is 0 Å². The first kappa shape index (κ1) is 28.5. The van der Waals surface area contributed by atoms with Crippen molar-refractivity contribution in [3.8, 4) is 0 Å². The molecule has 0 saturated heterocycles. The second-order valence-electron chi connectivity index (χ2n) is 10.5. The summed E-state index contributed by atoms with van der Waals surface area (Å²) in [7, 11) is 4.01. The maximum absolute atomic E-state index is 13.8. The van der Waals surface area contributed by atoms with Crippen LogP contribution in [0.2, 0.25) is 13.3 Å². The van der Waals surface area contributed by atoms with Crippen LogP contribution in [0.25, 0.3) is 6.08 Å². The molecule has 0 aromatic heterocycles. The van der Waals surface area contributed by atoms with Gasteiger partial charge in [-0.2, -0.15) is 0 Å². The van der Waals surface area contributed by atoms with Crippen LogP contribution in [0.5, 0.6) is 0 Å². The van der Waals surface area contributed by atoms with E-state index in [0.717, 1.165) is 16.9 Å². The third kappa shape index (κ3) is 6.24. The summed E-state index contributed by atoms with van der Waals surface area (Å²) < 4.78 is 5.55. The molecule has 1 aliphatic heterocycles. The van der Waals surface area contributed by atoms with E-state index in [0.29, 0.717) is 11.3 Å². The van der Waals surface area contributed by atoms with E-state index in [1.807, 2.05) is 49.3 Å². The Morgan fingerprint density at radius 2 is 1.44 bits per heavy atom. The van der Waals surface area contributed by atoms with Gasteiger partial charge in [0.25, 0.3) is 0 Å². The zero-order valence-corrected chi connectivity index (χ0v) is 26.0. The molecule has 1 aliphatic rings. The molecule has 0 unspecified atom stereocenters. The van der Waals surface area contributed by atoms with Crippen molar-refractivity contribution >= 4 is 51.1 Å². The van der Waals surface area contributed by atoms with Crippen LogP contribution in [0.4, 0.5) is 11.4 Å². The summed E-state index contributed by atoms with van der Waals surface area (Å²) in [5, 5.41) is 0. The van der Waals surface area contributed by atoms with E-state index in [-0.39, 0.29) is 11.7 Å². The fourth-order valence-electron chi connectivity index (χ4n) is 5.46. The Balaban J connectivity index is 2.07. The number of fused-ring (bicyclic) bond motifs is 1. The van der Waals surface area contributed by atoms with E-state index >= 15 is 0 Å². The Morgan fingerprint density at radius 1 is 0.889 bits per heavy atom. The van der Waals surface area contributed by atoms with E-state index < -0.39 is 18.4 Å². The van der Waals surface area contributed by atoms with Gasteiger partial charge in [0.15, 0.2) is 0 Å². The first-order valence-electron chi connectivity index (χ1n) is 13.8. The number of unbranched alkanes of at least 4 members (excludes halogenated alkanes) is 3. The molecule has 0 aliphatic carbocycles. The van der Waals surface area contributed by atoms with Crippen LogP contribution >= 0.6 is 0 Å². The SMILES string of the molecule is CCC[CH2][Sn]([CH2]CCC)([CH2]CCC)[c]1ccc2c(c1)C(=O)/C(=C/c1ccc(N(C)C)cc1)N2C(C)=O. The van der Waals surface area contributed by atoms with Crippen molar-refractivity contribution in [3.05, 3.63) is 59.3 Å². The fraction of sp³-hybridized carbons (Fsp3) is 0.484. The first-order chi connectivity index (χ1) is 17.3. The summed E-state index contributed by atoms with van der Waals surface area (Å²) in [5.74, 6) is -0.149. The van der Waals surface area contributed by atoms with Gasteiger partial charge in [0.2, 0.25) is 0 Å². The third-order valence-electron chi connectivity index (χ3n) is 7.62. The van der Waals surface area contributed by atoms with Crippen LogP contribution in [0.15, 0.2) is 48.2 Å². The molecule has 3 rings (SSSR count). The Morgan fingerprint density at radius 3 is 1.92 bits per heavy atom. The monoisotopic (exact) mass is 596 g/mol.